The molecule has 0 atom stereocenters. The van der Waals surface area contributed by atoms with Gasteiger partial charge < -0.3 is 14.7 Å². The van der Waals surface area contributed by atoms with E-state index in [1.807, 2.05) is 30.3 Å². The fourth-order valence-corrected chi connectivity index (χ4v) is 3.84. The molecule has 0 aliphatic rings. The summed E-state index contributed by atoms with van der Waals surface area (Å²) in [6.45, 7) is 0.431. The molecule has 4 rings (SSSR count). The Kier molecular flexibility index (Phi) is 4.62. The number of H-pyrrole nitrogens is 2. The molecule has 7 nitrogen and oxygen atoms in total. The molecule has 1 aromatic heterocycles. The van der Waals surface area contributed by atoms with Crippen LogP contribution in [0.1, 0.15) is 5.56 Å². The standard InChI is InChI=1S/C20H17N3O4S/c24-20-21-18-11-10-17(12-19(18)22-20)28(25,26)23-15-6-8-16(9-7-15)27-13-14-4-2-1-3-5-14/h1-12,23H,13H2,(H2,21,22,24). The number of aromatic amines is 2. The molecule has 0 spiro atoms. The van der Waals surface area contributed by atoms with Crippen LogP contribution in [-0.4, -0.2) is 18.4 Å². The van der Waals surface area contributed by atoms with E-state index in [0.717, 1.165) is 5.56 Å². The third-order valence-electron chi connectivity index (χ3n) is 4.15. The summed E-state index contributed by atoms with van der Waals surface area (Å²) in [5.74, 6) is 0.637. The molecule has 1 heterocycles. The first-order valence-electron chi connectivity index (χ1n) is 8.51. The summed E-state index contributed by atoms with van der Waals surface area (Å²) in [4.78, 5) is 16.5. The van der Waals surface area contributed by atoms with E-state index in [2.05, 4.69) is 14.7 Å². The molecule has 0 saturated heterocycles. The summed E-state index contributed by atoms with van der Waals surface area (Å²) in [5, 5.41) is 0. The van der Waals surface area contributed by atoms with E-state index >= 15 is 0 Å². The lowest BCUT2D eigenvalue weighted by molar-refractivity contribution is 0.306. The van der Waals surface area contributed by atoms with E-state index in [0.29, 0.717) is 29.1 Å². The highest BCUT2D eigenvalue weighted by Crippen LogP contribution is 2.21. The van der Waals surface area contributed by atoms with Crippen LogP contribution >= 0.6 is 0 Å². The van der Waals surface area contributed by atoms with Gasteiger partial charge in [0.2, 0.25) is 0 Å². The predicted molar refractivity (Wildman–Crippen MR) is 107 cm³/mol. The van der Waals surface area contributed by atoms with Crippen molar-refractivity contribution in [3.05, 3.63) is 88.8 Å². The maximum Gasteiger partial charge on any atom is 0.323 e. The molecule has 0 aliphatic heterocycles. The number of benzene rings is 3. The van der Waals surface area contributed by atoms with E-state index in [1.54, 1.807) is 30.3 Å². The van der Waals surface area contributed by atoms with Crippen LogP contribution in [0, 0.1) is 0 Å². The first-order chi connectivity index (χ1) is 13.5. The van der Waals surface area contributed by atoms with Crippen molar-refractivity contribution in [3.8, 4) is 5.75 Å². The number of nitrogens with one attached hydrogen (secondary N) is 3. The van der Waals surface area contributed by atoms with E-state index < -0.39 is 10.0 Å². The molecule has 0 fully saturated rings. The van der Waals surface area contributed by atoms with Gasteiger partial charge in [-0.15, -0.1) is 0 Å². The quantitative estimate of drug-likeness (QED) is 0.466. The predicted octanol–water partition coefficient (Wildman–Crippen LogP) is 3.24. The Bertz CT molecular complexity index is 1260. The van der Waals surface area contributed by atoms with Crippen LogP contribution in [-0.2, 0) is 16.6 Å². The normalized spacial score (nSPS) is 11.4. The second-order valence-electron chi connectivity index (χ2n) is 6.19. The smallest absolute Gasteiger partial charge is 0.323 e. The third-order valence-corrected chi connectivity index (χ3v) is 5.53. The van der Waals surface area contributed by atoms with Crippen LogP contribution in [0.2, 0.25) is 0 Å². The molecule has 142 valence electrons. The van der Waals surface area contributed by atoms with E-state index in [9.17, 15) is 13.2 Å². The Balaban J connectivity index is 1.47. The molecule has 0 aliphatic carbocycles. The minimum Gasteiger partial charge on any atom is -0.489 e. The first-order valence-corrected chi connectivity index (χ1v) is 10.00. The molecule has 0 saturated carbocycles. The topological polar surface area (TPSA) is 104 Å². The van der Waals surface area contributed by atoms with E-state index in [4.69, 9.17) is 4.74 Å². The van der Waals surface area contributed by atoms with E-state index in [-0.39, 0.29) is 10.6 Å². The zero-order valence-corrected chi connectivity index (χ0v) is 15.5. The Morgan fingerprint density at radius 3 is 2.32 bits per heavy atom. The minimum atomic E-state index is -3.79. The zero-order chi connectivity index (χ0) is 19.6. The molecule has 3 N–H and O–H groups in total. The van der Waals surface area contributed by atoms with Gasteiger partial charge in [0.05, 0.1) is 15.9 Å². The Hall–Kier alpha value is -3.52. The first kappa shape index (κ1) is 17.9. The largest absolute Gasteiger partial charge is 0.489 e. The molecule has 28 heavy (non-hydrogen) atoms. The number of ether oxygens (including phenoxy) is 1. The fourth-order valence-electron chi connectivity index (χ4n) is 2.75. The van der Waals surface area contributed by atoms with Crippen molar-refractivity contribution in [1.82, 2.24) is 9.97 Å². The molecule has 3 aromatic carbocycles. The zero-order valence-electron chi connectivity index (χ0n) is 14.7. The maximum atomic E-state index is 12.6. The van der Waals surface area contributed by atoms with Gasteiger partial charge in [-0.05, 0) is 48.0 Å². The van der Waals surface area contributed by atoms with Gasteiger partial charge in [0.15, 0.2) is 0 Å². The van der Waals surface area contributed by atoms with Crippen molar-refractivity contribution in [1.29, 1.82) is 0 Å². The number of anilines is 1. The van der Waals surface area contributed by atoms with Crippen LogP contribution in [0.3, 0.4) is 0 Å². The molecule has 8 heteroatoms. The molecule has 4 aromatic rings. The van der Waals surface area contributed by atoms with Gasteiger partial charge in [0.1, 0.15) is 12.4 Å². The number of hydrogen-bond donors (Lipinski definition) is 3. The van der Waals surface area contributed by atoms with Gasteiger partial charge >= 0.3 is 5.69 Å². The number of aromatic nitrogens is 2. The van der Waals surface area contributed by atoms with Crippen molar-refractivity contribution in [2.45, 2.75) is 11.5 Å². The summed E-state index contributed by atoms with van der Waals surface area (Å²) in [6, 6.07) is 20.8. The molecule has 0 bridgehead atoms. The molecular formula is C20H17N3O4S. The summed E-state index contributed by atoms with van der Waals surface area (Å²) < 4.78 is 33.4. The monoisotopic (exact) mass is 395 g/mol. The Morgan fingerprint density at radius 1 is 0.857 bits per heavy atom. The summed E-state index contributed by atoms with van der Waals surface area (Å²) in [7, 11) is -3.79. The lowest BCUT2D eigenvalue weighted by Crippen LogP contribution is -2.12. The molecule has 0 radical (unpaired) electrons. The Labute approximate surface area is 161 Å². The van der Waals surface area contributed by atoms with E-state index in [1.165, 1.54) is 12.1 Å². The van der Waals surface area contributed by atoms with Crippen LogP contribution in [0.5, 0.6) is 5.75 Å². The lowest BCUT2D eigenvalue weighted by atomic mass is 10.2. The van der Waals surface area contributed by atoms with Gasteiger partial charge in [0, 0.05) is 5.69 Å². The summed E-state index contributed by atoms with van der Waals surface area (Å²) >= 11 is 0. The number of rotatable bonds is 6. The number of hydrogen-bond acceptors (Lipinski definition) is 4. The number of imidazole rings is 1. The van der Waals surface area contributed by atoms with Crippen LogP contribution in [0.4, 0.5) is 5.69 Å². The highest BCUT2D eigenvalue weighted by molar-refractivity contribution is 7.92. The van der Waals surface area contributed by atoms with Gasteiger partial charge in [-0.1, -0.05) is 30.3 Å². The molecule has 0 amide bonds. The second kappa shape index (κ2) is 7.24. The van der Waals surface area contributed by atoms with Crippen molar-refractivity contribution >= 4 is 26.7 Å². The number of fused-ring (bicyclic) bond motifs is 1. The van der Waals surface area contributed by atoms with Gasteiger partial charge in [0.25, 0.3) is 10.0 Å². The lowest BCUT2D eigenvalue weighted by Gasteiger charge is -2.10. The highest BCUT2D eigenvalue weighted by Gasteiger charge is 2.15. The average molecular weight is 395 g/mol. The van der Waals surface area contributed by atoms with Crippen LogP contribution in [0.15, 0.2) is 82.5 Å². The van der Waals surface area contributed by atoms with Crippen molar-refractivity contribution in [2.24, 2.45) is 0 Å². The van der Waals surface area contributed by atoms with Gasteiger partial charge in [-0.3, -0.25) is 4.72 Å². The molecular weight excluding hydrogens is 378 g/mol. The third kappa shape index (κ3) is 3.91. The second-order valence-corrected chi connectivity index (χ2v) is 7.87. The average Bonchev–Trinajstić information content (AvgIpc) is 3.07. The van der Waals surface area contributed by atoms with Crippen molar-refractivity contribution in [2.75, 3.05) is 4.72 Å². The van der Waals surface area contributed by atoms with Crippen molar-refractivity contribution < 1.29 is 13.2 Å². The van der Waals surface area contributed by atoms with Crippen molar-refractivity contribution in [3.63, 3.8) is 0 Å². The molecule has 0 unspecified atom stereocenters. The highest BCUT2D eigenvalue weighted by atomic mass is 32.2. The maximum absolute atomic E-state index is 12.6. The minimum absolute atomic E-state index is 0.0552. The van der Waals surface area contributed by atoms with Crippen LogP contribution in [0.25, 0.3) is 11.0 Å². The summed E-state index contributed by atoms with van der Waals surface area (Å²) in [5.41, 5.74) is 2.05. The van der Waals surface area contributed by atoms with Gasteiger partial charge in [-0.2, -0.15) is 0 Å². The number of sulfonamides is 1. The Morgan fingerprint density at radius 2 is 1.57 bits per heavy atom. The van der Waals surface area contributed by atoms with Crippen LogP contribution < -0.4 is 15.1 Å². The SMILES string of the molecule is O=c1[nH]c2ccc(S(=O)(=O)Nc3ccc(OCc4ccccc4)cc3)cc2[nH]1. The van der Waals surface area contributed by atoms with Gasteiger partial charge in [-0.25, -0.2) is 13.2 Å². The summed E-state index contributed by atoms with van der Waals surface area (Å²) in [6.07, 6.45) is 0. The fraction of sp³-hybridized carbons (Fsp3) is 0.0500.